The quantitative estimate of drug-likeness (QED) is 0.489. The van der Waals surface area contributed by atoms with Gasteiger partial charge in [-0.2, -0.15) is 0 Å². The highest BCUT2D eigenvalue weighted by molar-refractivity contribution is 4.97. The van der Waals surface area contributed by atoms with Crippen LogP contribution in [0.15, 0.2) is 0 Å². The summed E-state index contributed by atoms with van der Waals surface area (Å²) in [5.41, 5.74) is -1.60. The molecular formula is C8H16O5. The van der Waals surface area contributed by atoms with Crippen molar-refractivity contribution < 1.29 is 24.8 Å². The van der Waals surface area contributed by atoms with Crippen molar-refractivity contribution in [2.24, 2.45) is 0 Å². The zero-order chi connectivity index (χ0) is 10.2. The number of ether oxygens (including phenoxy) is 2. The molecule has 1 fully saturated rings. The lowest BCUT2D eigenvalue weighted by Crippen LogP contribution is -2.64. The number of aliphatic hydroxyl groups excluding tert-OH is 2. The van der Waals surface area contributed by atoms with Gasteiger partial charge >= 0.3 is 0 Å². The van der Waals surface area contributed by atoms with Crippen molar-refractivity contribution in [3.8, 4) is 0 Å². The number of aliphatic hydroxyl groups is 3. The summed E-state index contributed by atoms with van der Waals surface area (Å²) in [5.74, 6) is 0. The van der Waals surface area contributed by atoms with Crippen LogP contribution in [0, 0.1) is 0 Å². The number of hydrogen-bond donors (Lipinski definition) is 3. The van der Waals surface area contributed by atoms with Crippen LogP contribution in [0.3, 0.4) is 0 Å². The van der Waals surface area contributed by atoms with Gasteiger partial charge in [-0.05, 0) is 13.8 Å². The van der Waals surface area contributed by atoms with E-state index in [4.69, 9.17) is 9.47 Å². The topological polar surface area (TPSA) is 79.2 Å². The Morgan fingerprint density at radius 3 is 2.31 bits per heavy atom. The van der Waals surface area contributed by atoms with E-state index >= 15 is 0 Å². The van der Waals surface area contributed by atoms with Crippen LogP contribution in [0.1, 0.15) is 13.8 Å². The van der Waals surface area contributed by atoms with E-state index in [0.717, 1.165) is 0 Å². The summed E-state index contributed by atoms with van der Waals surface area (Å²) < 4.78 is 9.93. The van der Waals surface area contributed by atoms with Crippen LogP contribution < -0.4 is 0 Å². The molecule has 5 unspecified atom stereocenters. The molecule has 5 heteroatoms. The van der Waals surface area contributed by atoms with Gasteiger partial charge in [0.2, 0.25) is 0 Å². The fraction of sp³-hybridized carbons (Fsp3) is 1.00. The van der Waals surface area contributed by atoms with E-state index in [0.29, 0.717) is 0 Å². The van der Waals surface area contributed by atoms with Crippen LogP contribution in [0.5, 0.6) is 0 Å². The van der Waals surface area contributed by atoms with Gasteiger partial charge in [0.1, 0.15) is 17.8 Å². The van der Waals surface area contributed by atoms with Crippen molar-refractivity contribution in [1.82, 2.24) is 0 Å². The van der Waals surface area contributed by atoms with E-state index in [1.165, 1.54) is 14.0 Å². The van der Waals surface area contributed by atoms with Crippen LogP contribution in [-0.2, 0) is 9.47 Å². The van der Waals surface area contributed by atoms with Crippen molar-refractivity contribution in [3.63, 3.8) is 0 Å². The lowest BCUT2D eigenvalue weighted by atomic mass is 9.86. The van der Waals surface area contributed by atoms with Crippen LogP contribution in [0.2, 0.25) is 0 Å². The SMILES string of the molecule is COC1OC(C)C(O)C(C)(O)C1O. The second kappa shape index (κ2) is 3.51. The van der Waals surface area contributed by atoms with Crippen molar-refractivity contribution in [1.29, 1.82) is 0 Å². The lowest BCUT2D eigenvalue weighted by molar-refractivity contribution is -0.315. The molecule has 1 saturated heterocycles. The summed E-state index contributed by atoms with van der Waals surface area (Å²) in [5, 5.41) is 28.7. The highest BCUT2D eigenvalue weighted by atomic mass is 16.7. The summed E-state index contributed by atoms with van der Waals surface area (Å²) in [6.45, 7) is 2.96. The van der Waals surface area contributed by atoms with Gasteiger partial charge in [-0.1, -0.05) is 0 Å². The van der Waals surface area contributed by atoms with E-state index in [1.807, 2.05) is 0 Å². The van der Waals surface area contributed by atoms with Gasteiger partial charge in [-0.25, -0.2) is 0 Å². The molecular weight excluding hydrogens is 176 g/mol. The maximum absolute atomic E-state index is 9.72. The minimum absolute atomic E-state index is 0.566. The zero-order valence-corrected chi connectivity index (χ0v) is 7.97. The molecule has 0 amide bonds. The van der Waals surface area contributed by atoms with Crippen molar-refractivity contribution >= 4 is 0 Å². The first-order valence-electron chi connectivity index (χ1n) is 4.18. The second-order valence-electron chi connectivity index (χ2n) is 3.56. The Labute approximate surface area is 76.9 Å². The predicted molar refractivity (Wildman–Crippen MR) is 44.0 cm³/mol. The monoisotopic (exact) mass is 192 g/mol. The highest BCUT2D eigenvalue weighted by Crippen LogP contribution is 2.29. The average Bonchev–Trinajstić information content (AvgIpc) is 2.09. The van der Waals surface area contributed by atoms with Gasteiger partial charge in [0.05, 0.1) is 6.10 Å². The molecule has 1 aliphatic heterocycles. The first-order valence-corrected chi connectivity index (χ1v) is 4.18. The molecule has 0 aromatic carbocycles. The minimum Gasteiger partial charge on any atom is -0.387 e. The molecule has 5 nitrogen and oxygen atoms in total. The number of hydrogen-bond acceptors (Lipinski definition) is 5. The van der Waals surface area contributed by atoms with E-state index in [2.05, 4.69) is 0 Å². The average molecular weight is 192 g/mol. The molecule has 0 aliphatic carbocycles. The van der Waals surface area contributed by atoms with Crippen LogP contribution in [0.25, 0.3) is 0 Å². The molecule has 5 atom stereocenters. The predicted octanol–water partition coefficient (Wildman–Crippen LogP) is -1.15. The Morgan fingerprint density at radius 1 is 1.31 bits per heavy atom. The largest absolute Gasteiger partial charge is 0.387 e. The molecule has 1 heterocycles. The Balaban J connectivity index is 2.82. The third-order valence-corrected chi connectivity index (χ3v) is 2.48. The first-order chi connectivity index (χ1) is 5.91. The van der Waals surface area contributed by atoms with Gasteiger partial charge in [-0.15, -0.1) is 0 Å². The van der Waals surface area contributed by atoms with Crippen LogP contribution in [0.4, 0.5) is 0 Å². The second-order valence-corrected chi connectivity index (χ2v) is 3.56. The molecule has 0 spiro atoms. The molecule has 1 rings (SSSR count). The lowest BCUT2D eigenvalue weighted by Gasteiger charge is -2.45. The van der Waals surface area contributed by atoms with Gasteiger partial charge < -0.3 is 24.8 Å². The molecule has 0 saturated carbocycles. The summed E-state index contributed by atoms with van der Waals surface area (Å²) in [4.78, 5) is 0. The minimum atomic E-state index is -1.60. The van der Waals surface area contributed by atoms with E-state index < -0.39 is 30.2 Å². The fourth-order valence-electron chi connectivity index (χ4n) is 1.47. The summed E-state index contributed by atoms with van der Waals surface area (Å²) >= 11 is 0. The fourth-order valence-corrected chi connectivity index (χ4v) is 1.47. The van der Waals surface area contributed by atoms with E-state index in [9.17, 15) is 15.3 Å². The van der Waals surface area contributed by atoms with E-state index in [-0.39, 0.29) is 0 Å². The Kier molecular flexibility index (Phi) is 2.94. The maximum atomic E-state index is 9.72. The van der Waals surface area contributed by atoms with Crippen LogP contribution in [-0.4, -0.2) is 52.6 Å². The van der Waals surface area contributed by atoms with Gasteiger partial charge in [0.15, 0.2) is 6.29 Å². The third-order valence-electron chi connectivity index (χ3n) is 2.48. The molecule has 78 valence electrons. The summed E-state index contributed by atoms with van der Waals surface area (Å²) in [6, 6.07) is 0. The highest BCUT2D eigenvalue weighted by Gasteiger charge is 2.50. The van der Waals surface area contributed by atoms with E-state index in [1.54, 1.807) is 6.92 Å². The Morgan fingerprint density at radius 2 is 1.85 bits per heavy atom. The summed E-state index contributed by atoms with van der Waals surface area (Å²) in [6.07, 6.45) is -3.82. The van der Waals surface area contributed by atoms with Crippen molar-refractivity contribution in [3.05, 3.63) is 0 Å². The molecule has 0 aromatic rings. The molecule has 1 aliphatic rings. The first kappa shape index (κ1) is 10.9. The molecule has 3 N–H and O–H groups in total. The number of rotatable bonds is 1. The molecule has 13 heavy (non-hydrogen) atoms. The van der Waals surface area contributed by atoms with Gasteiger partial charge in [0.25, 0.3) is 0 Å². The number of methoxy groups -OCH3 is 1. The van der Waals surface area contributed by atoms with Crippen LogP contribution >= 0.6 is 0 Å². The molecule has 0 radical (unpaired) electrons. The smallest absolute Gasteiger partial charge is 0.186 e. The molecule has 0 bridgehead atoms. The normalized spacial score (nSPS) is 52.2. The zero-order valence-electron chi connectivity index (χ0n) is 7.97. The summed E-state index contributed by atoms with van der Waals surface area (Å²) in [7, 11) is 1.37. The van der Waals surface area contributed by atoms with Gasteiger partial charge in [-0.3, -0.25) is 0 Å². The van der Waals surface area contributed by atoms with Crippen molar-refractivity contribution in [2.75, 3.05) is 7.11 Å². The maximum Gasteiger partial charge on any atom is 0.186 e. The Hall–Kier alpha value is -0.200. The Bertz CT molecular complexity index is 181. The van der Waals surface area contributed by atoms with Crippen molar-refractivity contribution in [2.45, 2.75) is 44.1 Å². The third kappa shape index (κ3) is 1.70. The van der Waals surface area contributed by atoms with Gasteiger partial charge in [0, 0.05) is 7.11 Å². The molecule has 0 aromatic heterocycles. The standard InChI is InChI=1S/C8H16O5/c1-4-5(9)8(2,11)6(10)7(12-3)13-4/h4-7,9-11H,1-3H3.